The largest absolute Gasteiger partial charge is 0.429 e. The van der Waals surface area contributed by atoms with Crippen LogP contribution in [0.15, 0.2) is 63.7 Å². The number of halogens is 2. The predicted octanol–water partition coefficient (Wildman–Crippen LogP) is 6.22. The van der Waals surface area contributed by atoms with Crippen molar-refractivity contribution in [2.75, 3.05) is 0 Å². The normalized spacial score (nSPS) is 19.1. The maximum Gasteiger partial charge on any atom is 0.227 e. The number of epoxide rings is 1. The lowest BCUT2D eigenvalue weighted by atomic mass is 10.1. The van der Waals surface area contributed by atoms with Crippen LogP contribution in [0.2, 0.25) is 5.02 Å². The lowest BCUT2D eigenvalue weighted by molar-refractivity contribution is 0.360. The molecular weight excluding hydrogens is 402 g/mol. The van der Waals surface area contributed by atoms with Gasteiger partial charge in [0.1, 0.15) is 11.8 Å². The summed E-state index contributed by atoms with van der Waals surface area (Å²) < 4.78 is 12.2. The highest BCUT2D eigenvalue weighted by atomic mass is 79.9. The first-order chi connectivity index (χ1) is 12.2. The van der Waals surface area contributed by atoms with Crippen LogP contribution in [0.1, 0.15) is 30.2 Å². The third-order valence-corrected chi connectivity index (χ3v) is 5.17. The van der Waals surface area contributed by atoms with Crippen molar-refractivity contribution in [3.05, 3.63) is 75.5 Å². The molecule has 0 aliphatic carbocycles. The molecule has 0 saturated carbocycles. The Balaban J connectivity index is 1.36. The van der Waals surface area contributed by atoms with E-state index >= 15 is 0 Å². The highest BCUT2D eigenvalue weighted by molar-refractivity contribution is 9.10. The van der Waals surface area contributed by atoms with Crippen molar-refractivity contribution < 1.29 is 9.15 Å². The average molecular weight is 419 g/mol. The third-order valence-electron chi connectivity index (χ3n) is 4.35. The summed E-state index contributed by atoms with van der Waals surface area (Å²) in [5.41, 5.74) is 3.11. The summed E-state index contributed by atoms with van der Waals surface area (Å²) in [6, 6.07) is 18.0. The van der Waals surface area contributed by atoms with Gasteiger partial charge in [-0.3, -0.25) is 0 Å². The molecule has 128 valence electrons. The average Bonchev–Trinajstić information content (AvgIpc) is 3.29. The summed E-state index contributed by atoms with van der Waals surface area (Å²) in [7, 11) is 0. The Morgan fingerprint density at radius 3 is 2.56 bits per heavy atom. The van der Waals surface area contributed by atoms with Crippen molar-refractivity contribution in [2.24, 2.45) is 0 Å². The Kier molecular flexibility index (Phi) is 4.93. The molecular formula is C20H17BrClNO2. The lowest BCUT2D eigenvalue weighted by Gasteiger charge is -1.99. The summed E-state index contributed by atoms with van der Waals surface area (Å²) in [5, 5.41) is 0.693. The molecule has 1 saturated heterocycles. The maximum atomic E-state index is 5.93. The van der Waals surface area contributed by atoms with Crippen LogP contribution in [0.5, 0.6) is 0 Å². The molecule has 2 aromatic carbocycles. The zero-order chi connectivity index (χ0) is 17.2. The Labute approximate surface area is 160 Å². The van der Waals surface area contributed by atoms with Crippen molar-refractivity contribution in [1.29, 1.82) is 0 Å². The molecule has 0 spiro atoms. The summed E-state index contributed by atoms with van der Waals surface area (Å²) in [6.45, 7) is 0. The minimum Gasteiger partial charge on any atom is -0.429 e. The molecule has 1 aromatic heterocycles. The van der Waals surface area contributed by atoms with Crippen LogP contribution in [0.4, 0.5) is 0 Å². The van der Waals surface area contributed by atoms with Gasteiger partial charge in [-0.2, -0.15) is 0 Å². The van der Waals surface area contributed by atoms with Crippen LogP contribution in [0.3, 0.4) is 0 Å². The molecule has 4 rings (SSSR count). The number of hydrogen-bond acceptors (Lipinski definition) is 3. The van der Waals surface area contributed by atoms with E-state index in [4.69, 9.17) is 20.8 Å². The molecule has 0 amide bonds. The van der Waals surface area contributed by atoms with E-state index in [0.29, 0.717) is 15.6 Å². The van der Waals surface area contributed by atoms with Gasteiger partial charge in [0.2, 0.25) is 5.89 Å². The summed E-state index contributed by atoms with van der Waals surface area (Å²) in [6.07, 6.45) is 3.45. The van der Waals surface area contributed by atoms with Gasteiger partial charge in [0.25, 0.3) is 0 Å². The number of oxazole rings is 1. The van der Waals surface area contributed by atoms with Gasteiger partial charge in [0, 0.05) is 10.6 Å². The number of hydrogen-bond donors (Lipinski definition) is 0. The molecule has 2 atom stereocenters. The van der Waals surface area contributed by atoms with E-state index in [2.05, 4.69) is 45.2 Å². The van der Waals surface area contributed by atoms with Crippen LogP contribution < -0.4 is 0 Å². The third kappa shape index (κ3) is 3.97. The standard InChI is InChI=1S/C20H17BrClNO2/c21-19-17(23-20(25-19)14-9-11-15(22)12-10-14)18-16(24-18)8-4-7-13-5-2-1-3-6-13/h1-3,5-6,9-12,16,18H,4,7-8H2. The fourth-order valence-electron chi connectivity index (χ4n) is 2.96. The van der Waals surface area contributed by atoms with Crippen molar-refractivity contribution in [1.82, 2.24) is 4.98 Å². The minimum atomic E-state index is 0.0231. The summed E-state index contributed by atoms with van der Waals surface area (Å²) in [5.74, 6) is 0.581. The molecule has 1 aliphatic heterocycles. The van der Waals surface area contributed by atoms with Gasteiger partial charge in [-0.15, -0.1) is 0 Å². The fourth-order valence-corrected chi connectivity index (χ4v) is 3.55. The maximum absolute atomic E-state index is 5.93. The number of ether oxygens (including phenoxy) is 1. The first-order valence-corrected chi connectivity index (χ1v) is 9.49. The van der Waals surface area contributed by atoms with Crippen molar-refractivity contribution >= 4 is 27.5 Å². The van der Waals surface area contributed by atoms with Gasteiger partial charge < -0.3 is 9.15 Å². The SMILES string of the molecule is Clc1ccc(-c2nc(C3OC3CCCc3ccccc3)c(Br)o2)cc1. The number of rotatable bonds is 6. The molecule has 2 heterocycles. The predicted molar refractivity (Wildman–Crippen MR) is 102 cm³/mol. The topological polar surface area (TPSA) is 38.6 Å². The Bertz CT molecular complexity index is 848. The molecule has 1 fully saturated rings. The minimum absolute atomic E-state index is 0.0231. The highest BCUT2D eigenvalue weighted by Crippen LogP contribution is 2.45. The van der Waals surface area contributed by atoms with E-state index in [-0.39, 0.29) is 12.2 Å². The summed E-state index contributed by atoms with van der Waals surface area (Å²) >= 11 is 9.39. The fraction of sp³-hybridized carbons (Fsp3) is 0.250. The lowest BCUT2D eigenvalue weighted by Crippen LogP contribution is -1.93. The van der Waals surface area contributed by atoms with Crippen molar-refractivity contribution in [3.63, 3.8) is 0 Å². The van der Waals surface area contributed by atoms with E-state index in [9.17, 15) is 0 Å². The van der Waals surface area contributed by atoms with Gasteiger partial charge in [0.15, 0.2) is 4.67 Å². The van der Waals surface area contributed by atoms with Crippen molar-refractivity contribution in [3.8, 4) is 11.5 Å². The number of aromatic nitrogens is 1. The molecule has 3 aromatic rings. The smallest absolute Gasteiger partial charge is 0.227 e. The number of nitrogens with zero attached hydrogens (tertiary/aromatic N) is 1. The molecule has 0 bridgehead atoms. The molecule has 3 nitrogen and oxygen atoms in total. The number of benzene rings is 2. The van der Waals surface area contributed by atoms with Crippen LogP contribution in [-0.2, 0) is 11.2 Å². The Morgan fingerprint density at radius 2 is 1.80 bits per heavy atom. The Morgan fingerprint density at radius 1 is 1.04 bits per heavy atom. The molecule has 0 N–H and O–H groups in total. The van der Waals surface area contributed by atoms with Crippen LogP contribution in [0, 0.1) is 0 Å². The highest BCUT2D eigenvalue weighted by Gasteiger charge is 2.43. The molecule has 2 unspecified atom stereocenters. The zero-order valence-electron chi connectivity index (χ0n) is 13.5. The zero-order valence-corrected chi connectivity index (χ0v) is 15.8. The quantitative estimate of drug-likeness (QED) is 0.446. The van der Waals surface area contributed by atoms with Crippen LogP contribution in [0.25, 0.3) is 11.5 Å². The van der Waals surface area contributed by atoms with Gasteiger partial charge >= 0.3 is 0 Å². The molecule has 25 heavy (non-hydrogen) atoms. The number of aryl methyl sites for hydroxylation is 1. The van der Waals surface area contributed by atoms with Crippen molar-refractivity contribution in [2.45, 2.75) is 31.5 Å². The Hall–Kier alpha value is -1.62. The second-order valence-electron chi connectivity index (χ2n) is 6.16. The molecule has 0 radical (unpaired) electrons. The first-order valence-electron chi connectivity index (χ1n) is 8.32. The first kappa shape index (κ1) is 16.8. The second kappa shape index (κ2) is 7.32. The van der Waals surface area contributed by atoms with Gasteiger partial charge in [-0.1, -0.05) is 41.9 Å². The van der Waals surface area contributed by atoms with Gasteiger partial charge in [0.05, 0.1) is 6.10 Å². The molecule has 5 heteroatoms. The second-order valence-corrected chi connectivity index (χ2v) is 7.31. The van der Waals surface area contributed by atoms with Gasteiger partial charge in [-0.05, 0) is 65.0 Å². The van der Waals surface area contributed by atoms with Crippen LogP contribution in [-0.4, -0.2) is 11.1 Å². The van der Waals surface area contributed by atoms with E-state index in [1.807, 2.05) is 30.3 Å². The van der Waals surface area contributed by atoms with Gasteiger partial charge in [-0.25, -0.2) is 4.98 Å². The van der Waals surface area contributed by atoms with Crippen LogP contribution >= 0.6 is 27.5 Å². The van der Waals surface area contributed by atoms with E-state index in [1.54, 1.807) is 0 Å². The van der Waals surface area contributed by atoms with E-state index in [1.165, 1.54) is 5.56 Å². The van der Waals surface area contributed by atoms with E-state index in [0.717, 1.165) is 30.5 Å². The monoisotopic (exact) mass is 417 g/mol. The summed E-state index contributed by atoms with van der Waals surface area (Å²) in [4.78, 5) is 4.61. The molecule has 1 aliphatic rings. The van der Waals surface area contributed by atoms with E-state index < -0.39 is 0 Å².